The standard InChI is InChI=1S/C33H32ClFN6O3/c34-28-15-23(35)10-11-30(28)41-19-22(17-39-41)33(43)40-20-25-16-31(40)32(42)38-13-3-1-2-12-37-18-27-26(8-5-9-29(27)36)21-6-4-7-24(14-21)44-25/h4-11,14-15,17-19,25,31H,1-3,12-13,16,20,36H2,(H,38,42)/t25-,31-/m0/s1. The predicted octanol–water partition coefficient (Wildman–Crippen LogP) is 5.30. The number of hydrogen-bond donors (Lipinski definition) is 2. The third kappa shape index (κ3) is 6.30. The van der Waals surface area contributed by atoms with Crippen LogP contribution in [0.15, 0.2) is 78.0 Å². The van der Waals surface area contributed by atoms with Crippen molar-refractivity contribution in [2.75, 3.05) is 25.4 Å². The van der Waals surface area contributed by atoms with Crippen LogP contribution in [-0.4, -0.2) is 64.5 Å². The molecule has 2 amide bonds. The Hall–Kier alpha value is -4.70. The zero-order chi connectivity index (χ0) is 30.6. The first kappa shape index (κ1) is 29.4. The van der Waals surface area contributed by atoms with Crippen LogP contribution in [0.25, 0.3) is 16.8 Å². The van der Waals surface area contributed by atoms with Crippen LogP contribution in [0, 0.1) is 5.82 Å². The smallest absolute Gasteiger partial charge is 0.257 e. The van der Waals surface area contributed by atoms with Crippen molar-refractivity contribution in [3.8, 4) is 22.6 Å². The topological polar surface area (TPSA) is 115 Å². The van der Waals surface area contributed by atoms with Gasteiger partial charge in [0.25, 0.3) is 5.91 Å². The first-order valence-electron chi connectivity index (χ1n) is 14.6. The molecule has 4 bridgehead atoms. The van der Waals surface area contributed by atoms with Gasteiger partial charge in [0.05, 0.1) is 29.0 Å². The van der Waals surface area contributed by atoms with Gasteiger partial charge in [-0.2, -0.15) is 5.10 Å². The third-order valence-electron chi connectivity index (χ3n) is 7.88. The van der Waals surface area contributed by atoms with E-state index in [2.05, 4.69) is 15.4 Å². The lowest BCUT2D eigenvalue weighted by Gasteiger charge is -2.23. The summed E-state index contributed by atoms with van der Waals surface area (Å²) < 4.78 is 21.4. The number of hydrogen-bond acceptors (Lipinski definition) is 6. The first-order valence-corrected chi connectivity index (χ1v) is 15.0. The number of aliphatic imine (C=N–C) groups is 1. The van der Waals surface area contributed by atoms with E-state index >= 15 is 0 Å². The molecule has 1 aromatic heterocycles. The summed E-state index contributed by atoms with van der Waals surface area (Å²) in [6.45, 7) is 1.35. The zero-order valence-corrected chi connectivity index (χ0v) is 24.7. The fourth-order valence-corrected chi connectivity index (χ4v) is 5.91. The number of halogens is 2. The van der Waals surface area contributed by atoms with Crippen LogP contribution >= 0.6 is 11.6 Å². The summed E-state index contributed by atoms with van der Waals surface area (Å²) in [5.74, 6) is -0.442. The summed E-state index contributed by atoms with van der Waals surface area (Å²) in [5.41, 5.74) is 10.4. The van der Waals surface area contributed by atoms with Gasteiger partial charge in [-0.15, -0.1) is 0 Å². The number of nitrogens with one attached hydrogen (secondary N) is 1. The third-order valence-corrected chi connectivity index (χ3v) is 8.19. The highest BCUT2D eigenvalue weighted by Crippen LogP contribution is 2.32. The number of carbonyl (C=O) groups excluding carboxylic acids is 2. The fraction of sp³-hybridized carbons (Fsp3) is 0.273. The molecule has 0 saturated carbocycles. The van der Waals surface area contributed by atoms with E-state index in [1.807, 2.05) is 48.7 Å². The van der Waals surface area contributed by atoms with Crippen LogP contribution < -0.4 is 15.8 Å². The molecule has 44 heavy (non-hydrogen) atoms. The quantitative estimate of drug-likeness (QED) is 0.298. The van der Waals surface area contributed by atoms with Gasteiger partial charge in [-0.3, -0.25) is 14.6 Å². The number of rotatable bonds is 2. The Morgan fingerprint density at radius 2 is 1.95 bits per heavy atom. The summed E-state index contributed by atoms with van der Waals surface area (Å²) in [6, 6.07) is 16.7. The number of fused-ring (bicyclic) bond motifs is 6. The SMILES string of the molecule is Nc1cccc2c1C=NCCCCCNC(=O)[C@@H]1C[C@@H](CN1C(=O)c1cnn(-c3ccc(F)cc3Cl)c1)Oc1cccc-2c1. The minimum Gasteiger partial charge on any atom is -0.488 e. The number of anilines is 1. The molecule has 3 heterocycles. The number of amides is 2. The van der Waals surface area contributed by atoms with Crippen molar-refractivity contribution in [2.45, 2.75) is 37.8 Å². The lowest BCUT2D eigenvalue weighted by molar-refractivity contribution is -0.124. The highest BCUT2D eigenvalue weighted by Gasteiger charge is 2.41. The lowest BCUT2D eigenvalue weighted by atomic mass is 9.98. The molecule has 3 N–H and O–H groups in total. The average molecular weight is 615 g/mol. The Balaban J connectivity index is 1.29. The number of carbonyl (C=O) groups is 2. The molecule has 2 aliphatic heterocycles. The predicted molar refractivity (Wildman–Crippen MR) is 168 cm³/mol. The van der Waals surface area contributed by atoms with Crippen molar-refractivity contribution in [1.29, 1.82) is 0 Å². The number of nitrogens with two attached hydrogens (primary N) is 1. The number of aromatic nitrogens is 2. The Morgan fingerprint density at radius 1 is 1.09 bits per heavy atom. The van der Waals surface area contributed by atoms with E-state index < -0.39 is 18.0 Å². The molecule has 0 spiro atoms. The molecule has 4 aromatic rings. The van der Waals surface area contributed by atoms with Crippen LogP contribution in [-0.2, 0) is 4.79 Å². The highest BCUT2D eigenvalue weighted by molar-refractivity contribution is 6.32. The van der Waals surface area contributed by atoms with E-state index in [1.165, 1.54) is 40.2 Å². The van der Waals surface area contributed by atoms with Gasteiger partial charge in [0, 0.05) is 43.2 Å². The molecule has 11 heteroatoms. The monoisotopic (exact) mass is 614 g/mol. The normalized spacial score (nSPS) is 19.0. The minimum absolute atomic E-state index is 0.161. The molecule has 0 aliphatic carbocycles. The van der Waals surface area contributed by atoms with E-state index in [-0.39, 0.29) is 28.9 Å². The Labute approximate surface area is 259 Å². The molecule has 3 aromatic carbocycles. The van der Waals surface area contributed by atoms with Gasteiger partial charge in [-0.1, -0.05) is 35.9 Å². The van der Waals surface area contributed by atoms with Crippen LogP contribution in [0.2, 0.25) is 5.02 Å². The molecule has 1 saturated heterocycles. The number of ether oxygens (including phenoxy) is 1. The second-order valence-electron chi connectivity index (χ2n) is 10.9. The maximum atomic E-state index is 13.8. The summed E-state index contributed by atoms with van der Waals surface area (Å²) >= 11 is 6.21. The van der Waals surface area contributed by atoms with Gasteiger partial charge in [-0.25, -0.2) is 9.07 Å². The largest absolute Gasteiger partial charge is 0.488 e. The second-order valence-corrected chi connectivity index (χ2v) is 11.3. The molecule has 6 rings (SSSR count). The second kappa shape index (κ2) is 12.9. The average Bonchev–Trinajstić information content (AvgIpc) is 3.66. The molecule has 0 radical (unpaired) electrons. The van der Waals surface area contributed by atoms with Crippen LogP contribution in [0.5, 0.6) is 5.75 Å². The summed E-state index contributed by atoms with van der Waals surface area (Å²) in [7, 11) is 0. The van der Waals surface area contributed by atoms with Gasteiger partial charge in [0.2, 0.25) is 5.91 Å². The zero-order valence-electron chi connectivity index (χ0n) is 24.0. The number of benzene rings is 3. The molecule has 2 aliphatic rings. The maximum Gasteiger partial charge on any atom is 0.257 e. The van der Waals surface area contributed by atoms with Crippen molar-refractivity contribution in [3.05, 3.63) is 95.0 Å². The number of nitrogen functional groups attached to an aromatic ring is 1. The molecular formula is C33H32ClFN6O3. The minimum atomic E-state index is -0.725. The Kier molecular flexibility index (Phi) is 8.60. The van der Waals surface area contributed by atoms with Gasteiger partial charge in [0.1, 0.15) is 23.7 Å². The van der Waals surface area contributed by atoms with E-state index in [0.717, 1.165) is 36.0 Å². The van der Waals surface area contributed by atoms with E-state index in [0.29, 0.717) is 36.6 Å². The Morgan fingerprint density at radius 3 is 2.82 bits per heavy atom. The van der Waals surface area contributed by atoms with Gasteiger partial charge in [0.15, 0.2) is 0 Å². The van der Waals surface area contributed by atoms with E-state index in [9.17, 15) is 14.0 Å². The number of likely N-dealkylation sites (tertiary alicyclic amines) is 1. The maximum absolute atomic E-state index is 13.8. The molecule has 1 fully saturated rings. The molecule has 0 unspecified atom stereocenters. The highest BCUT2D eigenvalue weighted by atomic mass is 35.5. The van der Waals surface area contributed by atoms with Crippen LogP contribution in [0.3, 0.4) is 0 Å². The van der Waals surface area contributed by atoms with Crippen molar-refractivity contribution in [1.82, 2.24) is 20.0 Å². The van der Waals surface area contributed by atoms with Gasteiger partial charge < -0.3 is 20.7 Å². The molecule has 9 nitrogen and oxygen atoms in total. The van der Waals surface area contributed by atoms with Crippen molar-refractivity contribution in [3.63, 3.8) is 0 Å². The Bertz CT molecular complexity index is 1720. The lowest BCUT2D eigenvalue weighted by Crippen LogP contribution is -2.46. The molecule has 2 atom stereocenters. The summed E-state index contributed by atoms with van der Waals surface area (Å²) in [4.78, 5) is 33.3. The van der Waals surface area contributed by atoms with E-state index in [1.54, 1.807) is 0 Å². The molecular weight excluding hydrogens is 583 g/mol. The summed E-state index contributed by atoms with van der Waals surface area (Å²) in [6.07, 6.45) is 7.23. The fourth-order valence-electron chi connectivity index (χ4n) is 5.65. The van der Waals surface area contributed by atoms with Crippen LogP contribution in [0.1, 0.15) is 41.6 Å². The van der Waals surface area contributed by atoms with E-state index in [4.69, 9.17) is 22.1 Å². The first-order chi connectivity index (χ1) is 21.4. The molecule has 226 valence electrons. The van der Waals surface area contributed by atoms with Gasteiger partial charge in [-0.05, 0) is 66.8 Å². The van der Waals surface area contributed by atoms with Crippen molar-refractivity contribution in [2.24, 2.45) is 4.99 Å². The van der Waals surface area contributed by atoms with Gasteiger partial charge >= 0.3 is 0 Å². The summed E-state index contributed by atoms with van der Waals surface area (Å²) in [5, 5.41) is 7.44. The van der Waals surface area contributed by atoms with Crippen LogP contribution in [0.4, 0.5) is 10.1 Å². The number of nitrogens with zero attached hydrogens (tertiary/aromatic N) is 4. The van der Waals surface area contributed by atoms with Crippen molar-refractivity contribution >= 4 is 35.3 Å². The van der Waals surface area contributed by atoms with Crippen molar-refractivity contribution < 1.29 is 18.7 Å².